The number of aromatic carboxylic acids is 1. The molecule has 0 aliphatic rings. The maximum atomic E-state index is 10.9. The van der Waals surface area contributed by atoms with E-state index in [2.05, 4.69) is 5.32 Å². The monoisotopic (exact) mass is 243 g/mol. The third-order valence-electron chi connectivity index (χ3n) is 1.95. The van der Waals surface area contributed by atoms with Gasteiger partial charge in [-0.2, -0.15) is 0 Å². The van der Waals surface area contributed by atoms with Crippen molar-refractivity contribution in [3.63, 3.8) is 0 Å². The molecule has 0 aromatic heterocycles. The minimum Gasteiger partial charge on any atom is -0.480 e. The van der Waals surface area contributed by atoms with Crippen LogP contribution in [0, 0.1) is 0 Å². The fraction of sp³-hybridized carbons (Fsp3) is 0.200. The molecule has 0 spiro atoms. The third kappa shape index (κ3) is 2.87. The van der Waals surface area contributed by atoms with E-state index in [0.29, 0.717) is 5.02 Å². The largest absolute Gasteiger partial charge is 0.480 e. The Morgan fingerprint density at radius 1 is 1.38 bits per heavy atom. The van der Waals surface area contributed by atoms with Gasteiger partial charge in [-0.25, -0.2) is 4.79 Å². The Kier molecular flexibility index (Phi) is 3.73. The molecular weight excluding hydrogens is 234 g/mol. The molecule has 0 aliphatic carbocycles. The van der Waals surface area contributed by atoms with Gasteiger partial charge in [-0.1, -0.05) is 11.6 Å². The highest BCUT2D eigenvalue weighted by Gasteiger charge is 2.15. The minimum atomic E-state index is -1.14. The maximum absolute atomic E-state index is 10.9. The second-order valence-electron chi connectivity index (χ2n) is 3.20. The van der Waals surface area contributed by atoms with E-state index in [-0.39, 0.29) is 11.3 Å². The van der Waals surface area contributed by atoms with Crippen molar-refractivity contribution < 1.29 is 19.8 Å². The van der Waals surface area contributed by atoms with E-state index in [1.807, 2.05) is 0 Å². The zero-order valence-electron chi connectivity index (χ0n) is 8.40. The van der Waals surface area contributed by atoms with Crippen LogP contribution in [0.3, 0.4) is 0 Å². The van der Waals surface area contributed by atoms with E-state index in [0.717, 1.165) is 0 Å². The van der Waals surface area contributed by atoms with Crippen molar-refractivity contribution in [2.45, 2.75) is 13.0 Å². The molecule has 0 aliphatic heterocycles. The van der Waals surface area contributed by atoms with E-state index >= 15 is 0 Å². The fourth-order valence-corrected chi connectivity index (χ4v) is 1.29. The maximum Gasteiger partial charge on any atom is 0.337 e. The number of hydrogen-bond donors (Lipinski definition) is 3. The highest BCUT2D eigenvalue weighted by molar-refractivity contribution is 6.31. The van der Waals surface area contributed by atoms with Gasteiger partial charge in [-0.15, -0.1) is 0 Å². The van der Waals surface area contributed by atoms with Gasteiger partial charge in [-0.3, -0.25) is 4.79 Å². The number of benzene rings is 1. The lowest BCUT2D eigenvalue weighted by atomic mass is 10.1. The topological polar surface area (TPSA) is 86.6 Å². The van der Waals surface area contributed by atoms with Gasteiger partial charge in [0.25, 0.3) is 0 Å². The standard InChI is InChI=1S/C10H10ClNO4/c1-5(9(13)14)12-8-4-6(11)2-3-7(8)10(15)16/h2-5,12H,1H3,(H,13,14)(H,15,16). The first kappa shape index (κ1) is 12.3. The Hall–Kier alpha value is -1.75. The lowest BCUT2D eigenvalue weighted by Gasteiger charge is -2.13. The van der Waals surface area contributed by atoms with Crippen molar-refractivity contribution in [3.05, 3.63) is 28.8 Å². The number of rotatable bonds is 4. The zero-order valence-corrected chi connectivity index (χ0v) is 9.15. The quantitative estimate of drug-likeness (QED) is 0.752. The number of carboxylic acid groups (broad SMARTS) is 2. The molecule has 3 N–H and O–H groups in total. The highest BCUT2D eigenvalue weighted by atomic mass is 35.5. The van der Waals surface area contributed by atoms with Crippen LogP contribution in [0.5, 0.6) is 0 Å². The van der Waals surface area contributed by atoms with Gasteiger partial charge in [0.15, 0.2) is 0 Å². The van der Waals surface area contributed by atoms with E-state index < -0.39 is 18.0 Å². The number of nitrogens with one attached hydrogen (secondary N) is 1. The average Bonchev–Trinajstić information content (AvgIpc) is 2.16. The molecule has 1 aromatic carbocycles. The molecule has 6 heteroatoms. The first-order chi connectivity index (χ1) is 7.41. The number of halogens is 1. The number of carbonyl (C=O) groups is 2. The van der Waals surface area contributed by atoms with Crippen molar-refractivity contribution in [1.29, 1.82) is 0 Å². The number of aliphatic carboxylic acids is 1. The van der Waals surface area contributed by atoms with Crippen LogP contribution in [0.15, 0.2) is 18.2 Å². The molecular formula is C10H10ClNO4. The van der Waals surface area contributed by atoms with E-state index in [9.17, 15) is 9.59 Å². The molecule has 0 saturated carbocycles. The lowest BCUT2D eigenvalue weighted by molar-refractivity contribution is -0.137. The molecule has 1 atom stereocenters. The molecule has 0 heterocycles. The SMILES string of the molecule is CC(Nc1cc(Cl)ccc1C(=O)O)C(=O)O. The van der Waals surface area contributed by atoms with Crippen LogP contribution < -0.4 is 5.32 Å². The molecule has 0 radical (unpaired) electrons. The molecule has 86 valence electrons. The molecule has 0 bridgehead atoms. The minimum absolute atomic E-state index is 0.0162. The first-order valence-electron chi connectivity index (χ1n) is 4.44. The summed E-state index contributed by atoms with van der Waals surface area (Å²) in [5.74, 6) is -2.21. The fourth-order valence-electron chi connectivity index (χ4n) is 1.12. The predicted octanol–water partition coefficient (Wildman–Crippen LogP) is 1.92. The van der Waals surface area contributed by atoms with Gasteiger partial charge in [0.2, 0.25) is 0 Å². The average molecular weight is 244 g/mol. The normalized spacial score (nSPS) is 11.9. The van der Waals surface area contributed by atoms with Crippen LogP contribution in [-0.4, -0.2) is 28.2 Å². The Morgan fingerprint density at radius 3 is 2.50 bits per heavy atom. The molecule has 1 aromatic rings. The van der Waals surface area contributed by atoms with E-state index in [4.69, 9.17) is 21.8 Å². The first-order valence-corrected chi connectivity index (χ1v) is 4.82. The van der Waals surface area contributed by atoms with Gasteiger partial charge in [0.05, 0.1) is 11.3 Å². The lowest BCUT2D eigenvalue weighted by Crippen LogP contribution is -2.26. The van der Waals surface area contributed by atoms with Crippen molar-refractivity contribution in [1.82, 2.24) is 0 Å². The summed E-state index contributed by atoms with van der Waals surface area (Å²) in [6, 6.07) is 3.24. The van der Waals surface area contributed by atoms with Crippen molar-refractivity contribution in [2.75, 3.05) is 5.32 Å². The summed E-state index contributed by atoms with van der Waals surface area (Å²) in [5, 5.41) is 20.5. The van der Waals surface area contributed by atoms with Crippen molar-refractivity contribution in [3.8, 4) is 0 Å². The number of anilines is 1. The molecule has 1 unspecified atom stereocenters. The van der Waals surface area contributed by atoms with Gasteiger partial charge < -0.3 is 15.5 Å². The molecule has 16 heavy (non-hydrogen) atoms. The summed E-state index contributed by atoms with van der Waals surface area (Å²) < 4.78 is 0. The summed E-state index contributed by atoms with van der Waals surface area (Å²) in [5.41, 5.74) is 0.174. The van der Waals surface area contributed by atoms with Crippen LogP contribution in [0.25, 0.3) is 0 Å². The van der Waals surface area contributed by atoms with Gasteiger partial charge in [-0.05, 0) is 25.1 Å². The Balaban J connectivity index is 3.05. The molecule has 5 nitrogen and oxygen atoms in total. The predicted molar refractivity (Wildman–Crippen MR) is 59.1 cm³/mol. The van der Waals surface area contributed by atoms with Crippen molar-refractivity contribution >= 4 is 29.2 Å². The molecule has 1 rings (SSSR count). The second kappa shape index (κ2) is 4.85. The van der Waals surface area contributed by atoms with Crippen LogP contribution in [0.2, 0.25) is 5.02 Å². The molecule has 0 amide bonds. The van der Waals surface area contributed by atoms with Gasteiger partial charge in [0, 0.05) is 5.02 Å². The number of hydrogen-bond acceptors (Lipinski definition) is 3. The van der Waals surface area contributed by atoms with Gasteiger partial charge >= 0.3 is 11.9 Å². The summed E-state index contributed by atoms with van der Waals surface area (Å²) in [6.45, 7) is 1.41. The summed E-state index contributed by atoms with van der Waals surface area (Å²) >= 11 is 5.70. The smallest absolute Gasteiger partial charge is 0.337 e. The third-order valence-corrected chi connectivity index (χ3v) is 2.19. The van der Waals surface area contributed by atoms with Gasteiger partial charge in [0.1, 0.15) is 6.04 Å². The van der Waals surface area contributed by atoms with E-state index in [1.54, 1.807) is 0 Å². The zero-order chi connectivity index (χ0) is 12.3. The highest BCUT2D eigenvalue weighted by Crippen LogP contribution is 2.21. The van der Waals surface area contributed by atoms with Crippen LogP contribution in [-0.2, 0) is 4.79 Å². The summed E-state index contributed by atoms with van der Waals surface area (Å²) in [4.78, 5) is 21.5. The molecule has 0 saturated heterocycles. The van der Waals surface area contributed by atoms with Crippen LogP contribution in [0.4, 0.5) is 5.69 Å². The Labute approximate surface area is 96.7 Å². The van der Waals surface area contributed by atoms with Crippen LogP contribution in [0.1, 0.15) is 17.3 Å². The Bertz CT molecular complexity index is 433. The summed E-state index contributed by atoms with van der Waals surface area (Å²) in [7, 11) is 0. The molecule has 0 fully saturated rings. The second-order valence-corrected chi connectivity index (χ2v) is 3.64. The number of carboxylic acids is 2. The van der Waals surface area contributed by atoms with Crippen LogP contribution >= 0.6 is 11.6 Å². The van der Waals surface area contributed by atoms with E-state index in [1.165, 1.54) is 25.1 Å². The Morgan fingerprint density at radius 2 is 2.00 bits per heavy atom. The summed E-state index contributed by atoms with van der Waals surface area (Å²) in [6.07, 6.45) is 0. The van der Waals surface area contributed by atoms with Crippen molar-refractivity contribution in [2.24, 2.45) is 0 Å².